The maximum Gasteiger partial charge on any atom is 0.274 e. The number of nitrogens with two attached hydrogens (primary N) is 1. The van der Waals surface area contributed by atoms with Crippen LogP contribution in [0.4, 0.5) is 10.1 Å². The first kappa shape index (κ1) is 19.4. The quantitative estimate of drug-likeness (QED) is 0.803. The van der Waals surface area contributed by atoms with Crippen molar-refractivity contribution in [2.45, 2.75) is 12.0 Å². The van der Waals surface area contributed by atoms with Crippen LogP contribution in [0.25, 0.3) is 0 Å². The van der Waals surface area contributed by atoms with Gasteiger partial charge in [0.15, 0.2) is 5.17 Å². The summed E-state index contributed by atoms with van der Waals surface area (Å²) in [6.45, 7) is 0.842. The number of nitrogens with one attached hydrogen (secondary N) is 1. The number of thioether (sulfide) groups is 1. The van der Waals surface area contributed by atoms with Crippen LogP contribution in [0.3, 0.4) is 0 Å². The smallest absolute Gasteiger partial charge is 0.274 e. The summed E-state index contributed by atoms with van der Waals surface area (Å²) < 4.78 is 20.5. The summed E-state index contributed by atoms with van der Waals surface area (Å²) in [5.41, 5.74) is 6.36. The van der Waals surface area contributed by atoms with Crippen molar-refractivity contribution in [1.29, 1.82) is 5.26 Å². The number of fused-ring (bicyclic) bond motifs is 1. The highest BCUT2D eigenvalue weighted by atomic mass is 32.2. The Morgan fingerprint density at radius 1 is 1.41 bits per heavy atom. The van der Waals surface area contributed by atoms with E-state index in [4.69, 9.17) is 15.7 Å². The van der Waals surface area contributed by atoms with Crippen molar-refractivity contribution < 1.29 is 13.9 Å². The molecule has 0 spiro atoms. The molecule has 2 aliphatic rings. The Morgan fingerprint density at radius 2 is 2.28 bits per heavy atom. The Bertz CT molecular complexity index is 1020. The minimum atomic E-state index is -0.898. The van der Waals surface area contributed by atoms with Crippen LogP contribution in [0.1, 0.15) is 28.0 Å². The molecule has 3 heterocycles. The number of carbonyl (C=O) groups excluding carboxylic acids is 1. The lowest BCUT2D eigenvalue weighted by Gasteiger charge is -2.43. The third-order valence-corrected chi connectivity index (χ3v) is 6.12. The number of nitrogens with zero attached hydrogens (tertiary/aromatic N) is 3. The second-order valence-electron chi connectivity index (χ2n) is 6.92. The van der Waals surface area contributed by atoms with E-state index in [2.05, 4.69) is 15.3 Å². The second-order valence-corrected chi connectivity index (χ2v) is 7.96. The van der Waals surface area contributed by atoms with Gasteiger partial charge in [0, 0.05) is 35.7 Å². The Morgan fingerprint density at radius 3 is 3.03 bits per heavy atom. The predicted octanol–water partition coefficient (Wildman–Crippen LogP) is 2.64. The molecule has 0 radical (unpaired) electrons. The van der Waals surface area contributed by atoms with Crippen LogP contribution in [0.5, 0.6) is 0 Å². The van der Waals surface area contributed by atoms with Gasteiger partial charge < -0.3 is 15.8 Å². The maximum absolute atomic E-state index is 14.9. The van der Waals surface area contributed by atoms with Crippen molar-refractivity contribution >= 4 is 28.5 Å². The molecule has 1 aromatic carbocycles. The highest BCUT2D eigenvalue weighted by Gasteiger charge is 2.47. The summed E-state index contributed by atoms with van der Waals surface area (Å²) in [6.07, 6.45) is 2.08. The molecule has 148 valence electrons. The topological polar surface area (TPSA) is 113 Å². The average Bonchev–Trinajstić information content (AvgIpc) is 2.74. The van der Waals surface area contributed by atoms with Gasteiger partial charge in [0.2, 0.25) is 0 Å². The molecule has 0 bridgehead atoms. The zero-order valence-electron chi connectivity index (χ0n) is 15.4. The number of amidine groups is 1. The van der Waals surface area contributed by atoms with Crippen molar-refractivity contribution in [2.75, 3.05) is 24.3 Å². The average molecular weight is 411 g/mol. The fraction of sp³-hybridized carbons (Fsp3) is 0.300. The van der Waals surface area contributed by atoms with Gasteiger partial charge in [-0.2, -0.15) is 5.26 Å². The van der Waals surface area contributed by atoms with Crippen molar-refractivity contribution in [3.05, 3.63) is 59.2 Å². The minimum absolute atomic E-state index is 0.0918. The molecule has 4 rings (SSSR count). The summed E-state index contributed by atoms with van der Waals surface area (Å²) in [6, 6.07) is 9.31. The highest BCUT2D eigenvalue weighted by molar-refractivity contribution is 8.13. The number of aromatic nitrogens is 1. The maximum atomic E-state index is 14.9. The van der Waals surface area contributed by atoms with Crippen LogP contribution in [0, 0.1) is 23.1 Å². The molecular weight excluding hydrogens is 393 g/mol. The van der Waals surface area contributed by atoms with E-state index in [1.54, 1.807) is 6.07 Å². The molecule has 1 fully saturated rings. The highest BCUT2D eigenvalue weighted by Crippen LogP contribution is 2.45. The van der Waals surface area contributed by atoms with Crippen molar-refractivity contribution in [3.63, 3.8) is 0 Å². The lowest BCUT2D eigenvalue weighted by atomic mass is 9.76. The van der Waals surface area contributed by atoms with Gasteiger partial charge in [-0.15, -0.1) is 0 Å². The molecule has 0 saturated carbocycles. The van der Waals surface area contributed by atoms with Crippen LogP contribution in [-0.2, 0) is 10.3 Å². The van der Waals surface area contributed by atoms with Gasteiger partial charge in [-0.1, -0.05) is 11.8 Å². The van der Waals surface area contributed by atoms with E-state index in [0.717, 1.165) is 12.2 Å². The number of pyridine rings is 1. The molecule has 2 aromatic rings. The Labute approximate surface area is 171 Å². The standard InChI is InChI=1S/C20H18FN5O2S/c21-16-3-2-14(25-18(27)17-4-1-12(8-22)9-24-17)7-15(16)20-11-28-6-5-13(20)10-29-19(23)26-20/h1-4,7,9,13H,5-6,10-11H2,(H2,23,26)(H,25,27). The first-order valence-corrected chi connectivity index (χ1v) is 10.0. The zero-order valence-corrected chi connectivity index (χ0v) is 16.2. The number of anilines is 1. The predicted molar refractivity (Wildman–Crippen MR) is 108 cm³/mol. The minimum Gasteiger partial charge on any atom is -0.379 e. The van der Waals surface area contributed by atoms with Gasteiger partial charge in [-0.25, -0.2) is 14.4 Å². The molecule has 29 heavy (non-hydrogen) atoms. The molecule has 1 saturated heterocycles. The number of rotatable bonds is 3. The van der Waals surface area contributed by atoms with E-state index in [9.17, 15) is 9.18 Å². The number of amides is 1. The number of aliphatic imine (C=N–C) groups is 1. The fourth-order valence-electron chi connectivity index (χ4n) is 3.65. The van der Waals surface area contributed by atoms with E-state index in [-0.39, 0.29) is 18.2 Å². The first-order chi connectivity index (χ1) is 14.0. The second kappa shape index (κ2) is 7.81. The number of nitriles is 1. The van der Waals surface area contributed by atoms with Gasteiger partial charge in [-0.05, 0) is 36.8 Å². The van der Waals surface area contributed by atoms with Gasteiger partial charge in [0.05, 0.1) is 12.2 Å². The van der Waals surface area contributed by atoms with Gasteiger partial charge in [-0.3, -0.25) is 4.79 Å². The Balaban J connectivity index is 1.66. The van der Waals surface area contributed by atoms with Crippen molar-refractivity contribution in [3.8, 4) is 6.07 Å². The Kier molecular flexibility index (Phi) is 5.22. The number of halogens is 1. The Hall–Kier alpha value is -2.96. The summed E-state index contributed by atoms with van der Waals surface area (Å²) in [4.78, 5) is 21.1. The van der Waals surface area contributed by atoms with Crippen LogP contribution in [-0.4, -0.2) is 35.0 Å². The number of carbonyl (C=O) groups is 1. The molecule has 2 aliphatic heterocycles. The summed E-state index contributed by atoms with van der Waals surface area (Å²) in [5, 5.41) is 12.0. The van der Waals surface area contributed by atoms with Crippen LogP contribution < -0.4 is 11.1 Å². The molecule has 2 atom stereocenters. The van der Waals surface area contributed by atoms with E-state index < -0.39 is 17.3 Å². The van der Waals surface area contributed by atoms with E-state index >= 15 is 0 Å². The number of ether oxygens (including phenoxy) is 1. The first-order valence-electron chi connectivity index (χ1n) is 9.05. The molecule has 0 aliphatic carbocycles. The van der Waals surface area contributed by atoms with Gasteiger partial charge in [0.1, 0.15) is 23.1 Å². The van der Waals surface area contributed by atoms with Crippen molar-refractivity contribution in [1.82, 2.24) is 4.98 Å². The third-order valence-electron chi connectivity index (χ3n) is 5.17. The molecule has 1 aromatic heterocycles. The monoisotopic (exact) mass is 411 g/mol. The third kappa shape index (κ3) is 3.69. The molecule has 1 amide bonds. The van der Waals surface area contributed by atoms with Crippen LogP contribution >= 0.6 is 11.8 Å². The summed E-state index contributed by atoms with van der Waals surface area (Å²) in [7, 11) is 0. The van der Waals surface area contributed by atoms with E-state index in [1.807, 2.05) is 6.07 Å². The largest absolute Gasteiger partial charge is 0.379 e. The fourth-order valence-corrected chi connectivity index (χ4v) is 4.69. The molecule has 2 unspecified atom stereocenters. The van der Waals surface area contributed by atoms with E-state index in [1.165, 1.54) is 42.2 Å². The van der Waals surface area contributed by atoms with Crippen LogP contribution in [0.2, 0.25) is 0 Å². The lowest BCUT2D eigenvalue weighted by molar-refractivity contribution is 0.00304. The normalized spacial score (nSPS) is 23.4. The molecular formula is C20H18FN5O2S. The number of hydrogen-bond donors (Lipinski definition) is 2. The molecule has 7 nitrogen and oxygen atoms in total. The summed E-state index contributed by atoms with van der Waals surface area (Å²) in [5.74, 6) is -0.0417. The zero-order chi connectivity index (χ0) is 20.4. The number of benzene rings is 1. The van der Waals surface area contributed by atoms with Gasteiger partial charge in [0.25, 0.3) is 5.91 Å². The van der Waals surface area contributed by atoms with Gasteiger partial charge >= 0.3 is 0 Å². The van der Waals surface area contributed by atoms with Crippen molar-refractivity contribution in [2.24, 2.45) is 16.6 Å². The number of hydrogen-bond acceptors (Lipinski definition) is 7. The molecule has 9 heteroatoms. The SMILES string of the molecule is N#Cc1ccc(C(=O)Nc2ccc(F)c(C34COCCC3CSC(N)=N4)c2)nc1. The van der Waals surface area contributed by atoms with E-state index in [0.29, 0.717) is 28.6 Å². The summed E-state index contributed by atoms with van der Waals surface area (Å²) >= 11 is 1.47. The van der Waals surface area contributed by atoms with Crippen LogP contribution in [0.15, 0.2) is 41.5 Å². The lowest BCUT2D eigenvalue weighted by Crippen LogP contribution is -2.48. The molecule has 3 N–H and O–H groups in total.